The monoisotopic (exact) mass is 567 g/mol. The highest BCUT2D eigenvalue weighted by Gasteiger charge is 2.38. The van der Waals surface area contributed by atoms with Crippen molar-refractivity contribution in [2.45, 2.75) is 63.4 Å². The fourth-order valence-electron chi connectivity index (χ4n) is 4.46. The third-order valence-corrected chi connectivity index (χ3v) is 7.17. The fourth-order valence-corrected chi connectivity index (χ4v) is 4.46. The van der Waals surface area contributed by atoms with Crippen LogP contribution in [0.5, 0.6) is 0 Å². The molecule has 41 heavy (non-hydrogen) atoms. The van der Waals surface area contributed by atoms with Gasteiger partial charge in [-0.2, -0.15) is 0 Å². The number of halogens is 1. The molecule has 220 valence electrons. The van der Waals surface area contributed by atoms with E-state index in [0.29, 0.717) is 31.2 Å². The maximum atomic E-state index is 12.3. The number of aliphatic hydroxyl groups excluding tert-OH is 3. The molecule has 1 aliphatic rings. The number of Topliss-reactive ketones (excluding diaryl/α,β-unsaturated/α-hetero) is 1. The first-order valence-corrected chi connectivity index (χ1v) is 13.7. The largest absolute Gasteiger partial charge is 0.393 e. The minimum absolute atomic E-state index is 0.0384. The molecule has 1 saturated heterocycles. The zero-order valence-electron chi connectivity index (χ0n) is 23.1. The van der Waals surface area contributed by atoms with Crippen molar-refractivity contribution in [3.63, 3.8) is 0 Å². The molecule has 1 heterocycles. The van der Waals surface area contributed by atoms with Crippen LogP contribution in [-0.2, 0) is 17.6 Å². The fraction of sp³-hybridized carbons (Fsp3) is 0.375. The smallest absolute Gasteiger partial charge is 0.230 e. The summed E-state index contributed by atoms with van der Waals surface area (Å²) >= 11 is 0. The van der Waals surface area contributed by atoms with Crippen molar-refractivity contribution >= 4 is 17.4 Å². The van der Waals surface area contributed by atoms with Gasteiger partial charge in [-0.15, -0.1) is 0 Å². The summed E-state index contributed by atoms with van der Waals surface area (Å²) in [5, 5.41) is 46.3. The highest BCUT2D eigenvalue weighted by molar-refractivity contribution is 6.01. The van der Waals surface area contributed by atoms with Crippen LogP contribution in [0.3, 0.4) is 0 Å². The molecule has 4 rings (SSSR count). The van der Waals surface area contributed by atoms with Crippen LogP contribution < -0.4 is 4.90 Å². The summed E-state index contributed by atoms with van der Waals surface area (Å²) < 4.78 is 12.3. The predicted octanol–water partition coefficient (Wildman–Crippen LogP) is 3.47. The highest BCUT2D eigenvalue weighted by atomic mass is 19.1. The zero-order chi connectivity index (χ0) is 30.0. The van der Waals surface area contributed by atoms with Crippen molar-refractivity contribution in [1.29, 1.82) is 0 Å². The second-order valence-corrected chi connectivity index (χ2v) is 10.2. The number of amides is 1. The van der Waals surface area contributed by atoms with Gasteiger partial charge in [0.25, 0.3) is 0 Å². The van der Waals surface area contributed by atoms with Gasteiger partial charge in [-0.3, -0.25) is 9.59 Å². The van der Waals surface area contributed by atoms with Crippen LogP contribution in [0.15, 0.2) is 72.8 Å². The van der Waals surface area contributed by atoms with Crippen LogP contribution in [-0.4, -0.2) is 62.3 Å². The number of nitrogens with zero attached hydrogens (tertiary/aromatic N) is 1. The Kier molecular flexibility index (Phi) is 11.7. The Hall–Kier alpha value is -3.47. The first-order valence-electron chi connectivity index (χ1n) is 13.7. The van der Waals surface area contributed by atoms with Gasteiger partial charge in [0.2, 0.25) is 5.91 Å². The van der Waals surface area contributed by atoms with Crippen LogP contribution in [0.4, 0.5) is 10.1 Å². The van der Waals surface area contributed by atoms with E-state index in [2.05, 4.69) is 0 Å². The number of hydrogen-bond donors (Lipinski definition) is 5. The van der Waals surface area contributed by atoms with E-state index in [-0.39, 0.29) is 36.4 Å². The molecule has 5 N–H and O–H groups in total. The Labute approximate surface area is 239 Å². The number of hydrogen-bond acceptors (Lipinski definition) is 7. The first-order chi connectivity index (χ1) is 19.6. The van der Waals surface area contributed by atoms with Crippen LogP contribution in [0.25, 0.3) is 0 Å². The van der Waals surface area contributed by atoms with Gasteiger partial charge in [0.1, 0.15) is 11.4 Å². The number of carbonyl (C=O) groups is 2. The van der Waals surface area contributed by atoms with Gasteiger partial charge in [-0.1, -0.05) is 43.3 Å². The summed E-state index contributed by atoms with van der Waals surface area (Å²) in [5.74, 6) is -0.207. The summed E-state index contributed by atoms with van der Waals surface area (Å²) in [7, 11) is 0. The van der Waals surface area contributed by atoms with E-state index in [0.717, 1.165) is 22.4 Å². The van der Waals surface area contributed by atoms with Crippen molar-refractivity contribution < 1.29 is 39.5 Å². The highest BCUT2D eigenvalue weighted by Crippen LogP contribution is 2.39. The molecule has 1 atom stereocenters. The van der Waals surface area contributed by atoms with Crippen molar-refractivity contribution in [2.75, 3.05) is 18.1 Å². The molecule has 0 aliphatic carbocycles. The maximum absolute atomic E-state index is 12.3. The average molecular weight is 568 g/mol. The van der Waals surface area contributed by atoms with Crippen molar-refractivity contribution in [1.82, 2.24) is 0 Å². The minimum atomic E-state index is -1.47. The summed E-state index contributed by atoms with van der Waals surface area (Å²) in [6, 6.07) is 20.9. The zero-order valence-corrected chi connectivity index (χ0v) is 23.1. The maximum Gasteiger partial charge on any atom is 0.230 e. The number of aryl methyl sites for hydroxylation is 2. The molecule has 0 aromatic heterocycles. The first kappa shape index (κ1) is 32.0. The second kappa shape index (κ2) is 15.0. The lowest BCUT2D eigenvalue weighted by Crippen LogP contribution is -2.46. The Morgan fingerprint density at radius 2 is 1.49 bits per heavy atom. The molecule has 0 radical (unpaired) electrons. The molecule has 1 fully saturated rings. The molecule has 1 aliphatic heterocycles. The summed E-state index contributed by atoms with van der Waals surface area (Å²) in [6.45, 7) is 0.811. The van der Waals surface area contributed by atoms with E-state index in [1.807, 2.05) is 48.5 Å². The molecule has 3 aromatic carbocycles. The van der Waals surface area contributed by atoms with Crippen molar-refractivity contribution in [3.8, 4) is 0 Å². The molecule has 1 unspecified atom stereocenters. The SMILES string of the molecule is CCC(=O)c1ccc(F)cc1.O=C1CC(c2ccc(CCC(O)(CO)CO)cc2)N1c1ccc(CCC(O)O)cc1. The number of ketones is 1. The Morgan fingerprint density at radius 3 is 2.00 bits per heavy atom. The van der Waals surface area contributed by atoms with Crippen LogP contribution in [0.1, 0.15) is 65.7 Å². The normalized spacial score (nSPS) is 14.9. The number of anilines is 1. The molecule has 9 heteroatoms. The van der Waals surface area contributed by atoms with Crippen molar-refractivity contribution in [3.05, 3.63) is 101 Å². The topological polar surface area (TPSA) is 139 Å². The summed E-state index contributed by atoms with van der Waals surface area (Å²) in [4.78, 5) is 25.0. The second-order valence-electron chi connectivity index (χ2n) is 10.2. The molecule has 1 amide bonds. The number of benzene rings is 3. The Bertz CT molecular complexity index is 1260. The lowest BCUT2D eigenvalue weighted by Gasteiger charge is -2.41. The van der Waals surface area contributed by atoms with E-state index < -0.39 is 25.1 Å². The van der Waals surface area contributed by atoms with Crippen molar-refractivity contribution in [2.24, 2.45) is 0 Å². The third kappa shape index (κ3) is 9.01. The van der Waals surface area contributed by atoms with E-state index in [1.54, 1.807) is 11.8 Å². The number of β-lactam (4-membered cyclic amide) rings is 1. The van der Waals surface area contributed by atoms with E-state index >= 15 is 0 Å². The van der Waals surface area contributed by atoms with Gasteiger partial charge in [0.15, 0.2) is 12.1 Å². The standard InChI is InChI=1S/C23H29NO6.C9H9FO/c25-14-23(30,15-26)12-11-17-1-6-18(7-2-17)20-13-21(27)24(20)19-8-3-16(4-9-19)5-10-22(28)29;1-2-9(11)7-3-5-8(10)6-4-7/h1-4,6-9,20,22,25-26,28-30H,5,10-15H2;3-6H,2H2,1H3. The lowest BCUT2D eigenvalue weighted by atomic mass is 9.91. The van der Waals surface area contributed by atoms with E-state index in [9.17, 15) is 29.3 Å². The average Bonchev–Trinajstić information content (AvgIpc) is 2.99. The van der Waals surface area contributed by atoms with Crippen LogP contribution in [0, 0.1) is 5.82 Å². The van der Waals surface area contributed by atoms with E-state index in [4.69, 9.17) is 10.2 Å². The number of carbonyl (C=O) groups excluding carboxylic acids is 2. The van der Waals surface area contributed by atoms with Gasteiger partial charge >= 0.3 is 0 Å². The van der Waals surface area contributed by atoms with Crippen LogP contribution in [0.2, 0.25) is 0 Å². The Morgan fingerprint density at radius 1 is 0.927 bits per heavy atom. The van der Waals surface area contributed by atoms with Gasteiger partial charge in [-0.05, 0) is 72.4 Å². The van der Waals surface area contributed by atoms with Crippen LogP contribution >= 0.6 is 0 Å². The third-order valence-electron chi connectivity index (χ3n) is 7.17. The molecular weight excluding hydrogens is 529 g/mol. The van der Waals surface area contributed by atoms with E-state index in [1.165, 1.54) is 24.3 Å². The summed E-state index contributed by atoms with van der Waals surface area (Å²) in [5.41, 5.74) is 2.89. The molecule has 0 spiro atoms. The van der Waals surface area contributed by atoms with Gasteiger partial charge in [0.05, 0.1) is 25.7 Å². The number of rotatable bonds is 12. The molecule has 3 aromatic rings. The molecule has 0 saturated carbocycles. The quantitative estimate of drug-likeness (QED) is 0.128. The predicted molar refractivity (Wildman–Crippen MR) is 153 cm³/mol. The van der Waals surface area contributed by atoms with Gasteiger partial charge in [0, 0.05) is 24.1 Å². The Balaban J connectivity index is 0.000000352. The van der Waals surface area contributed by atoms with Gasteiger partial charge < -0.3 is 30.4 Å². The molecular formula is C32H38FNO7. The lowest BCUT2D eigenvalue weighted by molar-refractivity contribution is -0.124. The summed E-state index contributed by atoms with van der Waals surface area (Å²) in [6.07, 6.45) is 1.18. The van der Waals surface area contributed by atoms with Gasteiger partial charge in [-0.25, -0.2) is 4.39 Å². The minimum Gasteiger partial charge on any atom is -0.393 e. The molecule has 8 nitrogen and oxygen atoms in total. The number of aliphatic hydroxyl groups is 5. The molecule has 0 bridgehead atoms.